The number of para-hydroxylation sites is 1. The van der Waals surface area contributed by atoms with Crippen LogP contribution in [-0.2, 0) is 6.54 Å². The van der Waals surface area contributed by atoms with Gasteiger partial charge in [-0.1, -0.05) is 25.1 Å². The number of aromatic nitrogens is 3. The zero-order valence-corrected chi connectivity index (χ0v) is 11.8. The molecule has 5 nitrogen and oxygen atoms in total. The fourth-order valence-electron chi connectivity index (χ4n) is 2.04. The van der Waals surface area contributed by atoms with Gasteiger partial charge in [0, 0.05) is 24.3 Å². The van der Waals surface area contributed by atoms with Crippen LogP contribution in [0.1, 0.15) is 12.6 Å². The van der Waals surface area contributed by atoms with Gasteiger partial charge in [0.1, 0.15) is 5.52 Å². The second-order valence-corrected chi connectivity index (χ2v) is 4.56. The first kappa shape index (κ1) is 13.5. The van der Waals surface area contributed by atoms with Crippen LogP contribution in [0, 0.1) is 0 Å². The van der Waals surface area contributed by atoms with Gasteiger partial charge in [-0.2, -0.15) is 0 Å². The average molecular weight is 280 g/mol. The summed E-state index contributed by atoms with van der Waals surface area (Å²) in [6.07, 6.45) is 5.09. The molecule has 0 aliphatic rings. The number of hydrogen-bond donors (Lipinski definition) is 1. The summed E-state index contributed by atoms with van der Waals surface area (Å²) in [6, 6.07) is 9.73. The van der Waals surface area contributed by atoms with Crippen molar-refractivity contribution in [1.29, 1.82) is 0 Å². The molecule has 3 rings (SSSR count). The van der Waals surface area contributed by atoms with E-state index < -0.39 is 0 Å². The highest BCUT2D eigenvalue weighted by atomic mass is 16.5. The molecule has 0 saturated carbocycles. The Balaban J connectivity index is 1.88. The van der Waals surface area contributed by atoms with Crippen LogP contribution in [0.4, 0.5) is 0 Å². The molecule has 0 radical (unpaired) electrons. The largest absolute Gasteiger partial charge is 0.435 e. The summed E-state index contributed by atoms with van der Waals surface area (Å²) >= 11 is 0. The van der Waals surface area contributed by atoms with Gasteiger partial charge in [0.15, 0.2) is 5.75 Å². The third kappa shape index (κ3) is 3.14. The minimum atomic E-state index is 0.476. The first-order chi connectivity index (χ1) is 10.4. The Labute approximate surface area is 123 Å². The SMILES string of the molecule is CCNCc1cncc(Oc2cccc3cccnc23)n1. The highest BCUT2D eigenvalue weighted by Gasteiger charge is 2.06. The van der Waals surface area contributed by atoms with Crippen LogP contribution in [0.3, 0.4) is 0 Å². The lowest BCUT2D eigenvalue weighted by atomic mass is 10.2. The first-order valence-corrected chi connectivity index (χ1v) is 6.90. The molecule has 0 unspecified atom stereocenters. The first-order valence-electron chi connectivity index (χ1n) is 6.90. The van der Waals surface area contributed by atoms with Gasteiger partial charge in [-0.05, 0) is 18.7 Å². The molecule has 0 aliphatic carbocycles. The third-order valence-electron chi connectivity index (χ3n) is 3.03. The summed E-state index contributed by atoms with van der Waals surface area (Å²) in [5.41, 5.74) is 1.67. The van der Waals surface area contributed by atoms with Crippen molar-refractivity contribution in [3.05, 3.63) is 54.6 Å². The number of benzene rings is 1. The monoisotopic (exact) mass is 280 g/mol. The number of pyridine rings is 1. The van der Waals surface area contributed by atoms with Crippen molar-refractivity contribution < 1.29 is 4.74 Å². The van der Waals surface area contributed by atoms with Gasteiger partial charge in [0.2, 0.25) is 5.88 Å². The number of hydrogen-bond acceptors (Lipinski definition) is 5. The smallest absolute Gasteiger partial charge is 0.238 e. The van der Waals surface area contributed by atoms with Crippen LogP contribution in [-0.4, -0.2) is 21.5 Å². The van der Waals surface area contributed by atoms with Crippen LogP contribution in [0.2, 0.25) is 0 Å². The molecule has 21 heavy (non-hydrogen) atoms. The fourth-order valence-corrected chi connectivity index (χ4v) is 2.04. The van der Waals surface area contributed by atoms with Gasteiger partial charge in [-0.15, -0.1) is 0 Å². The van der Waals surface area contributed by atoms with E-state index in [-0.39, 0.29) is 0 Å². The summed E-state index contributed by atoms with van der Waals surface area (Å²) in [5.74, 6) is 1.16. The van der Waals surface area contributed by atoms with Crippen molar-refractivity contribution in [2.45, 2.75) is 13.5 Å². The maximum absolute atomic E-state index is 5.85. The maximum Gasteiger partial charge on any atom is 0.238 e. The van der Waals surface area contributed by atoms with E-state index in [1.54, 1.807) is 18.6 Å². The molecule has 0 spiro atoms. The Morgan fingerprint density at radius 3 is 2.95 bits per heavy atom. The molecule has 2 aromatic heterocycles. The van der Waals surface area contributed by atoms with E-state index in [0.717, 1.165) is 23.1 Å². The molecule has 1 aromatic carbocycles. The molecule has 3 aromatic rings. The van der Waals surface area contributed by atoms with Crippen LogP contribution in [0.25, 0.3) is 10.9 Å². The van der Waals surface area contributed by atoms with Crippen LogP contribution < -0.4 is 10.1 Å². The highest BCUT2D eigenvalue weighted by Crippen LogP contribution is 2.26. The molecule has 106 valence electrons. The highest BCUT2D eigenvalue weighted by molar-refractivity contribution is 5.84. The number of rotatable bonds is 5. The Morgan fingerprint density at radius 1 is 1.14 bits per heavy atom. The molecular formula is C16H16N4O. The second-order valence-electron chi connectivity index (χ2n) is 4.56. The van der Waals surface area contributed by atoms with Crippen molar-refractivity contribution in [3.8, 4) is 11.6 Å². The lowest BCUT2D eigenvalue weighted by Crippen LogP contribution is -2.13. The van der Waals surface area contributed by atoms with Gasteiger partial charge in [-0.25, -0.2) is 4.98 Å². The summed E-state index contributed by atoms with van der Waals surface area (Å²) in [6.45, 7) is 3.62. The molecular weight excluding hydrogens is 264 g/mol. The van der Waals surface area contributed by atoms with Crippen LogP contribution in [0.15, 0.2) is 48.9 Å². The van der Waals surface area contributed by atoms with E-state index in [1.807, 2.05) is 30.3 Å². The van der Waals surface area contributed by atoms with E-state index in [0.29, 0.717) is 18.2 Å². The minimum Gasteiger partial charge on any atom is -0.435 e. The zero-order chi connectivity index (χ0) is 14.5. The van der Waals surface area contributed by atoms with Crippen molar-refractivity contribution in [3.63, 3.8) is 0 Å². The van der Waals surface area contributed by atoms with E-state index in [9.17, 15) is 0 Å². The molecule has 1 N–H and O–H groups in total. The molecule has 0 fully saturated rings. The topological polar surface area (TPSA) is 59.9 Å². The van der Waals surface area contributed by atoms with Crippen LogP contribution >= 0.6 is 0 Å². The van der Waals surface area contributed by atoms with Gasteiger partial charge in [-0.3, -0.25) is 9.97 Å². The summed E-state index contributed by atoms with van der Waals surface area (Å²) in [7, 11) is 0. The molecule has 0 atom stereocenters. The average Bonchev–Trinajstić information content (AvgIpc) is 2.54. The van der Waals surface area contributed by atoms with E-state index >= 15 is 0 Å². The van der Waals surface area contributed by atoms with Crippen molar-refractivity contribution >= 4 is 10.9 Å². The fraction of sp³-hybridized carbons (Fsp3) is 0.188. The van der Waals surface area contributed by atoms with Crippen molar-refractivity contribution in [2.75, 3.05) is 6.54 Å². The third-order valence-corrected chi connectivity index (χ3v) is 3.03. The predicted molar refractivity (Wildman–Crippen MR) is 81.2 cm³/mol. The van der Waals surface area contributed by atoms with E-state index in [1.165, 1.54) is 0 Å². The van der Waals surface area contributed by atoms with Crippen LogP contribution in [0.5, 0.6) is 11.6 Å². The minimum absolute atomic E-state index is 0.476. The zero-order valence-electron chi connectivity index (χ0n) is 11.8. The summed E-state index contributed by atoms with van der Waals surface area (Å²) in [4.78, 5) is 13.0. The number of nitrogens with one attached hydrogen (secondary N) is 1. The lowest BCUT2D eigenvalue weighted by molar-refractivity contribution is 0.460. The Bertz CT molecular complexity index is 740. The Hall–Kier alpha value is -2.53. The standard InChI is InChI=1S/C16H16N4O/c1-2-17-9-13-10-18-11-15(20-13)21-14-7-3-5-12-6-4-8-19-16(12)14/h3-8,10-11,17H,2,9H2,1H3. The van der Waals surface area contributed by atoms with Gasteiger partial charge >= 0.3 is 0 Å². The molecule has 0 saturated heterocycles. The molecule has 2 heterocycles. The lowest BCUT2D eigenvalue weighted by Gasteiger charge is -2.08. The molecule has 0 amide bonds. The predicted octanol–water partition coefficient (Wildman–Crippen LogP) is 2.93. The van der Waals surface area contributed by atoms with E-state index in [2.05, 4.69) is 27.2 Å². The van der Waals surface area contributed by atoms with Gasteiger partial charge < -0.3 is 10.1 Å². The number of ether oxygens (including phenoxy) is 1. The molecule has 5 heteroatoms. The van der Waals surface area contributed by atoms with E-state index in [4.69, 9.17) is 4.74 Å². The Morgan fingerprint density at radius 2 is 2.05 bits per heavy atom. The summed E-state index contributed by atoms with van der Waals surface area (Å²) in [5, 5.41) is 4.25. The van der Waals surface area contributed by atoms with Gasteiger partial charge in [0.25, 0.3) is 0 Å². The maximum atomic E-state index is 5.85. The number of nitrogens with zero attached hydrogens (tertiary/aromatic N) is 3. The molecule has 0 aliphatic heterocycles. The Kier molecular flexibility index (Phi) is 4.02. The van der Waals surface area contributed by atoms with Crippen molar-refractivity contribution in [1.82, 2.24) is 20.3 Å². The second kappa shape index (κ2) is 6.28. The van der Waals surface area contributed by atoms with Gasteiger partial charge in [0.05, 0.1) is 11.9 Å². The van der Waals surface area contributed by atoms with Crippen molar-refractivity contribution in [2.24, 2.45) is 0 Å². The normalized spacial score (nSPS) is 10.7. The molecule has 0 bridgehead atoms. The quantitative estimate of drug-likeness (QED) is 0.778. The number of fused-ring (bicyclic) bond motifs is 1. The summed E-state index contributed by atoms with van der Waals surface area (Å²) < 4.78 is 5.85.